The summed E-state index contributed by atoms with van der Waals surface area (Å²) < 4.78 is 11.3. The number of rotatable bonds is 3. The van der Waals surface area contributed by atoms with Crippen LogP contribution in [0.25, 0.3) is 0 Å². The first-order valence-electron chi connectivity index (χ1n) is 7.47. The lowest BCUT2D eigenvalue weighted by atomic mass is 10.0. The summed E-state index contributed by atoms with van der Waals surface area (Å²) in [5.74, 6) is 1.72. The van der Waals surface area contributed by atoms with Crippen LogP contribution in [0.15, 0.2) is 12.1 Å². The first kappa shape index (κ1) is 14.2. The highest BCUT2D eigenvalue weighted by Crippen LogP contribution is 2.40. The summed E-state index contributed by atoms with van der Waals surface area (Å²) in [5, 5.41) is 0. The first-order valence-corrected chi connectivity index (χ1v) is 7.47. The molecule has 1 aromatic rings. The van der Waals surface area contributed by atoms with Crippen LogP contribution in [-0.4, -0.2) is 57.6 Å². The Hall–Kier alpha value is -1.75. The number of hydrogen-bond acceptors (Lipinski definition) is 5. The monoisotopic (exact) mass is 290 g/mol. The normalized spacial score (nSPS) is 22.4. The molecule has 3 rings (SSSR count). The molecule has 1 unspecified atom stereocenters. The van der Waals surface area contributed by atoms with Gasteiger partial charge >= 0.3 is 0 Å². The van der Waals surface area contributed by atoms with Crippen LogP contribution in [0.2, 0.25) is 0 Å². The molecule has 0 amide bonds. The van der Waals surface area contributed by atoms with Gasteiger partial charge in [0.2, 0.25) is 0 Å². The lowest BCUT2D eigenvalue weighted by molar-refractivity contribution is -0.114. The van der Waals surface area contributed by atoms with E-state index in [1.54, 1.807) is 7.11 Å². The summed E-state index contributed by atoms with van der Waals surface area (Å²) >= 11 is 0. The summed E-state index contributed by atoms with van der Waals surface area (Å²) in [5.41, 5.74) is 2.20. The highest BCUT2D eigenvalue weighted by Gasteiger charge is 2.26. The number of carbonyl (C=O) groups is 1. The van der Waals surface area contributed by atoms with Crippen molar-refractivity contribution in [1.82, 2.24) is 4.90 Å². The zero-order chi connectivity index (χ0) is 14.8. The van der Waals surface area contributed by atoms with Gasteiger partial charge in [-0.05, 0) is 26.0 Å². The number of methoxy groups -OCH3 is 1. The Kier molecular flexibility index (Phi) is 4.01. The van der Waals surface area contributed by atoms with Gasteiger partial charge in [0.1, 0.15) is 11.5 Å². The van der Waals surface area contributed by atoms with E-state index in [2.05, 4.69) is 16.8 Å². The molecule has 0 aliphatic carbocycles. The molecule has 0 bridgehead atoms. The third-order valence-corrected chi connectivity index (χ3v) is 4.32. The van der Waals surface area contributed by atoms with Crippen LogP contribution in [0, 0.1) is 0 Å². The summed E-state index contributed by atoms with van der Waals surface area (Å²) in [7, 11) is 3.82. The minimum absolute atomic E-state index is 0.322. The molecule has 2 aliphatic rings. The summed E-state index contributed by atoms with van der Waals surface area (Å²) in [6.45, 7) is 3.99. The molecule has 0 N–H and O–H groups in total. The fourth-order valence-corrected chi connectivity index (χ4v) is 2.97. The number of benzene rings is 1. The van der Waals surface area contributed by atoms with Crippen LogP contribution in [0.5, 0.6) is 11.5 Å². The number of ether oxygens (including phenoxy) is 2. The standard InChI is InChI=1S/C16H22N2O3/c1-17-5-7-18(8-6-17)15-10-14(20-2)9-12-3-4-13(11-19)21-16(12)15/h9-11,13H,3-8H2,1-2H3. The Labute approximate surface area is 125 Å². The molecule has 0 radical (unpaired) electrons. The number of piperazine rings is 1. The number of aryl methyl sites for hydroxylation is 1. The van der Waals surface area contributed by atoms with E-state index in [0.29, 0.717) is 0 Å². The number of likely N-dealkylation sites (N-methyl/N-ethyl adjacent to an activating group) is 1. The van der Waals surface area contributed by atoms with Crippen molar-refractivity contribution < 1.29 is 14.3 Å². The predicted octanol–water partition coefficient (Wildman–Crippen LogP) is 1.34. The van der Waals surface area contributed by atoms with Crippen LogP contribution in [-0.2, 0) is 11.2 Å². The number of hydrogen-bond donors (Lipinski definition) is 0. The van der Waals surface area contributed by atoms with Gasteiger partial charge in [0.05, 0.1) is 12.8 Å². The largest absolute Gasteiger partial charge is 0.497 e. The van der Waals surface area contributed by atoms with Crippen LogP contribution in [0.4, 0.5) is 5.69 Å². The number of nitrogens with zero attached hydrogens (tertiary/aromatic N) is 2. The number of anilines is 1. The molecule has 0 aromatic heterocycles. The maximum absolute atomic E-state index is 11.1. The Bertz CT molecular complexity index is 524. The molecule has 1 aromatic carbocycles. The minimum Gasteiger partial charge on any atom is -0.497 e. The van der Waals surface area contributed by atoms with E-state index >= 15 is 0 Å². The van der Waals surface area contributed by atoms with E-state index in [-0.39, 0.29) is 6.10 Å². The molecule has 5 heteroatoms. The third-order valence-electron chi connectivity index (χ3n) is 4.32. The first-order chi connectivity index (χ1) is 10.2. The second kappa shape index (κ2) is 5.93. The van der Waals surface area contributed by atoms with Gasteiger partial charge in [-0.25, -0.2) is 0 Å². The van der Waals surface area contributed by atoms with Crippen LogP contribution in [0.3, 0.4) is 0 Å². The number of carbonyl (C=O) groups excluding carboxylic acids is 1. The zero-order valence-corrected chi connectivity index (χ0v) is 12.7. The molecule has 1 saturated heterocycles. The SMILES string of the molecule is COc1cc2c(c(N3CCN(C)CC3)c1)OC(C=O)CC2. The van der Waals surface area contributed by atoms with E-state index in [4.69, 9.17) is 9.47 Å². The number of fused-ring (bicyclic) bond motifs is 1. The molecule has 21 heavy (non-hydrogen) atoms. The molecule has 1 fully saturated rings. The fraction of sp³-hybridized carbons (Fsp3) is 0.562. The Balaban J connectivity index is 1.95. The van der Waals surface area contributed by atoms with E-state index < -0.39 is 0 Å². The van der Waals surface area contributed by atoms with Crippen molar-refractivity contribution in [3.05, 3.63) is 17.7 Å². The Morgan fingerprint density at radius 2 is 2.05 bits per heavy atom. The quantitative estimate of drug-likeness (QED) is 0.786. The minimum atomic E-state index is -0.322. The topological polar surface area (TPSA) is 42.0 Å². The average molecular weight is 290 g/mol. The van der Waals surface area contributed by atoms with Gasteiger partial charge in [-0.15, -0.1) is 0 Å². The van der Waals surface area contributed by atoms with E-state index in [1.165, 1.54) is 0 Å². The van der Waals surface area contributed by atoms with E-state index in [1.807, 2.05) is 12.1 Å². The lowest BCUT2D eigenvalue weighted by Gasteiger charge is -2.36. The zero-order valence-electron chi connectivity index (χ0n) is 12.7. The fourth-order valence-electron chi connectivity index (χ4n) is 2.97. The predicted molar refractivity (Wildman–Crippen MR) is 81.5 cm³/mol. The lowest BCUT2D eigenvalue weighted by Crippen LogP contribution is -2.45. The molecule has 5 nitrogen and oxygen atoms in total. The van der Waals surface area contributed by atoms with Crippen LogP contribution >= 0.6 is 0 Å². The summed E-state index contributed by atoms with van der Waals surface area (Å²) in [6, 6.07) is 4.05. The highest BCUT2D eigenvalue weighted by atomic mass is 16.5. The summed E-state index contributed by atoms with van der Waals surface area (Å²) in [4.78, 5) is 15.7. The third kappa shape index (κ3) is 2.83. The molecular formula is C16H22N2O3. The maximum Gasteiger partial charge on any atom is 0.160 e. The van der Waals surface area contributed by atoms with Gasteiger partial charge in [-0.1, -0.05) is 0 Å². The highest BCUT2D eigenvalue weighted by molar-refractivity contribution is 5.68. The van der Waals surface area contributed by atoms with E-state index in [0.717, 1.165) is 68.1 Å². The van der Waals surface area contributed by atoms with Crippen molar-refractivity contribution in [3.8, 4) is 11.5 Å². The Morgan fingerprint density at radius 1 is 1.29 bits per heavy atom. The van der Waals surface area contributed by atoms with Crippen molar-refractivity contribution >= 4 is 12.0 Å². The Morgan fingerprint density at radius 3 is 2.71 bits per heavy atom. The van der Waals surface area contributed by atoms with Gasteiger partial charge in [-0.3, -0.25) is 4.79 Å². The smallest absolute Gasteiger partial charge is 0.160 e. The molecule has 114 valence electrons. The summed E-state index contributed by atoms with van der Waals surface area (Å²) in [6.07, 6.45) is 2.18. The van der Waals surface area contributed by atoms with Crippen molar-refractivity contribution in [1.29, 1.82) is 0 Å². The number of aldehydes is 1. The van der Waals surface area contributed by atoms with Crippen LogP contribution < -0.4 is 14.4 Å². The van der Waals surface area contributed by atoms with Crippen LogP contribution in [0.1, 0.15) is 12.0 Å². The van der Waals surface area contributed by atoms with Crippen molar-refractivity contribution in [2.75, 3.05) is 45.2 Å². The van der Waals surface area contributed by atoms with Crippen molar-refractivity contribution in [2.45, 2.75) is 18.9 Å². The second-order valence-corrected chi connectivity index (χ2v) is 5.76. The van der Waals surface area contributed by atoms with Gasteiger partial charge in [-0.2, -0.15) is 0 Å². The van der Waals surface area contributed by atoms with Gasteiger partial charge < -0.3 is 19.3 Å². The molecular weight excluding hydrogens is 268 g/mol. The molecule has 0 saturated carbocycles. The molecule has 0 spiro atoms. The molecule has 2 aliphatic heterocycles. The van der Waals surface area contributed by atoms with Crippen molar-refractivity contribution in [2.24, 2.45) is 0 Å². The van der Waals surface area contributed by atoms with Gasteiger partial charge in [0, 0.05) is 37.8 Å². The van der Waals surface area contributed by atoms with Gasteiger partial charge in [0.15, 0.2) is 12.4 Å². The van der Waals surface area contributed by atoms with Gasteiger partial charge in [0.25, 0.3) is 0 Å². The average Bonchev–Trinajstić information content (AvgIpc) is 2.54. The molecule has 1 atom stereocenters. The molecule has 2 heterocycles. The van der Waals surface area contributed by atoms with Crippen molar-refractivity contribution in [3.63, 3.8) is 0 Å². The van der Waals surface area contributed by atoms with E-state index in [9.17, 15) is 4.79 Å². The second-order valence-electron chi connectivity index (χ2n) is 5.76. The maximum atomic E-state index is 11.1.